The third kappa shape index (κ3) is 3.24. The van der Waals surface area contributed by atoms with Crippen LogP contribution in [0.15, 0.2) is 97.1 Å². The van der Waals surface area contributed by atoms with Gasteiger partial charge in [-0.2, -0.15) is 0 Å². The molecule has 6 heteroatoms. The normalized spacial score (nSPS) is 13.1. The van der Waals surface area contributed by atoms with Gasteiger partial charge in [-0.3, -0.25) is 0 Å². The van der Waals surface area contributed by atoms with E-state index in [9.17, 15) is 0 Å². The summed E-state index contributed by atoms with van der Waals surface area (Å²) < 4.78 is 11.9. The molecular formula is C32H16S4Se2. The van der Waals surface area contributed by atoms with Crippen LogP contribution in [0.25, 0.3) is 59.9 Å². The second kappa shape index (κ2) is 8.63. The van der Waals surface area contributed by atoms with Crippen molar-refractivity contribution in [2.75, 3.05) is 0 Å². The summed E-state index contributed by atoms with van der Waals surface area (Å²) in [5.74, 6) is 0. The van der Waals surface area contributed by atoms with Gasteiger partial charge in [-0.05, 0) is 0 Å². The third-order valence-corrected chi connectivity index (χ3v) is 18.5. The fraction of sp³-hybridized carbons (Fsp3) is 0. The summed E-state index contributed by atoms with van der Waals surface area (Å²) in [4.78, 5) is 6.03. The Balaban J connectivity index is 1.47. The van der Waals surface area contributed by atoms with Gasteiger partial charge in [0.25, 0.3) is 0 Å². The maximum absolute atomic E-state index is 2.36. The van der Waals surface area contributed by atoms with Gasteiger partial charge in [-0.15, -0.1) is 0 Å². The van der Waals surface area contributed by atoms with E-state index in [0.29, 0.717) is 0 Å². The maximum atomic E-state index is 2.36. The van der Waals surface area contributed by atoms with Gasteiger partial charge >= 0.3 is 250 Å². The molecule has 5 heterocycles. The van der Waals surface area contributed by atoms with Gasteiger partial charge < -0.3 is 0 Å². The molecule has 4 aromatic carbocycles. The SMILES string of the molecule is c1ccc2c3c(sc2c1)-c1sc2ccccc2c1[Se]c1c(sc2ccccc12)-c1sc2ccccc2c1[Se]3. The molecule has 180 valence electrons. The van der Waals surface area contributed by atoms with Gasteiger partial charge in [-0.25, -0.2) is 0 Å². The zero-order chi connectivity index (χ0) is 24.8. The van der Waals surface area contributed by atoms with Crippen LogP contribution in [-0.4, -0.2) is 29.9 Å². The van der Waals surface area contributed by atoms with E-state index in [1.54, 1.807) is 17.8 Å². The number of hydrogen-bond acceptors (Lipinski definition) is 4. The topological polar surface area (TPSA) is 0 Å². The van der Waals surface area contributed by atoms with E-state index >= 15 is 0 Å². The molecule has 0 fully saturated rings. The van der Waals surface area contributed by atoms with Gasteiger partial charge in [0.2, 0.25) is 0 Å². The first-order chi connectivity index (χ1) is 18.8. The minimum absolute atomic E-state index is 0.190. The van der Waals surface area contributed by atoms with Crippen molar-refractivity contribution in [1.82, 2.24) is 0 Å². The molecule has 0 saturated heterocycles. The summed E-state index contributed by atoms with van der Waals surface area (Å²) in [6, 6.07) is 36.4. The van der Waals surface area contributed by atoms with Gasteiger partial charge in [0.05, 0.1) is 0 Å². The Kier molecular flexibility index (Phi) is 5.12. The molecule has 0 N–H and O–H groups in total. The quantitative estimate of drug-likeness (QED) is 0.145. The van der Waals surface area contributed by atoms with E-state index in [-0.39, 0.29) is 29.9 Å². The van der Waals surface area contributed by atoms with Crippen molar-refractivity contribution in [3.8, 4) is 19.5 Å². The summed E-state index contributed by atoms with van der Waals surface area (Å²) in [5.41, 5.74) is 0. The van der Waals surface area contributed by atoms with E-state index in [2.05, 4.69) is 97.1 Å². The molecule has 0 bridgehead atoms. The predicted molar refractivity (Wildman–Crippen MR) is 175 cm³/mol. The third-order valence-electron chi connectivity index (χ3n) is 7.02. The van der Waals surface area contributed by atoms with Crippen molar-refractivity contribution in [2.24, 2.45) is 0 Å². The van der Waals surface area contributed by atoms with Crippen LogP contribution in [0.4, 0.5) is 0 Å². The van der Waals surface area contributed by atoms with E-state index in [4.69, 9.17) is 0 Å². The average molecular weight is 687 g/mol. The fourth-order valence-electron chi connectivity index (χ4n) is 5.29. The molecule has 0 unspecified atom stereocenters. The zero-order valence-electron chi connectivity index (χ0n) is 19.7. The molecule has 1 aliphatic rings. The second-order valence-corrected chi connectivity index (χ2v) is 17.7. The second-order valence-electron chi connectivity index (χ2n) is 9.23. The van der Waals surface area contributed by atoms with Gasteiger partial charge in [0.1, 0.15) is 0 Å². The first kappa shape index (κ1) is 22.6. The van der Waals surface area contributed by atoms with Crippen molar-refractivity contribution in [3.63, 3.8) is 0 Å². The van der Waals surface area contributed by atoms with Crippen molar-refractivity contribution >= 4 is 133 Å². The number of fused-ring (bicyclic) bond motifs is 14. The van der Waals surface area contributed by atoms with Crippen molar-refractivity contribution in [2.45, 2.75) is 0 Å². The van der Waals surface area contributed by atoms with E-state index < -0.39 is 0 Å². The van der Waals surface area contributed by atoms with Crippen LogP contribution in [0.5, 0.6) is 0 Å². The van der Waals surface area contributed by atoms with Gasteiger partial charge in [0.15, 0.2) is 0 Å². The van der Waals surface area contributed by atoms with Crippen molar-refractivity contribution in [1.29, 1.82) is 0 Å². The number of thiophene rings is 4. The molecule has 0 saturated carbocycles. The van der Waals surface area contributed by atoms with Gasteiger partial charge in [-0.1, -0.05) is 0 Å². The molecule has 1 aliphatic heterocycles. The number of benzene rings is 4. The average Bonchev–Trinajstić information content (AvgIpc) is 3.70. The Morgan fingerprint density at radius 2 is 0.553 bits per heavy atom. The monoisotopic (exact) mass is 688 g/mol. The van der Waals surface area contributed by atoms with E-state index in [0.717, 1.165) is 0 Å². The van der Waals surface area contributed by atoms with Crippen molar-refractivity contribution < 1.29 is 0 Å². The summed E-state index contributed by atoms with van der Waals surface area (Å²) in [7, 11) is 0. The molecule has 0 aliphatic carbocycles. The summed E-state index contributed by atoms with van der Waals surface area (Å²) in [6.07, 6.45) is 0. The number of hydrogen-bond donors (Lipinski definition) is 0. The molecule has 9 rings (SSSR count). The molecule has 0 spiro atoms. The molecule has 4 aromatic heterocycles. The van der Waals surface area contributed by atoms with E-state index in [1.165, 1.54) is 59.9 Å². The minimum atomic E-state index is 0.190. The number of rotatable bonds is 0. The molecule has 8 aromatic rings. The summed E-state index contributed by atoms with van der Waals surface area (Å²) in [5, 5.41) is 5.78. The van der Waals surface area contributed by atoms with Crippen LogP contribution in [0.2, 0.25) is 0 Å². The Morgan fingerprint density at radius 1 is 0.316 bits per heavy atom. The Labute approximate surface area is 247 Å². The van der Waals surface area contributed by atoms with E-state index in [1.807, 2.05) is 45.3 Å². The van der Waals surface area contributed by atoms with Gasteiger partial charge in [0, 0.05) is 0 Å². The Morgan fingerprint density at radius 3 is 0.816 bits per heavy atom. The van der Waals surface area contributed by atoms with Crippen LogP contribution in [0.3, 0.4) is 0 Å². The first-order valence-corrected chi connectivity index (χ1v) is 19.0. The Hall–Kier alpha value is -2.24. The Bertz CT molecular complexity index is 1890. The summed E-state index contributed by atoms with van der Waals surface area (Å²) in [6.45, 7) is 0. The standard InChI is InChI=1S/C32H16S4Se2/c1-5-13-21-17(9-1)29-25(33-21)26-31(19-11-3-7-15-23(19)34-26)38-32-20-12-4-8-16-24(20)36-28(32)27-30(37-29)18-10-2-6-14-22(18)35-27/h1-16H. The molecule has 0 radical (unpaired) electrons. The van der Waals surface area contributed by atoms with Crippen LogP contribution in [-0.2, 0) is 0 Å². The molecule has 0 amide bonds. The molecule has 38 heavy (non-hydrogen) atoms. The fourth-order valence-corrected chi connectivity index (χ4v) is 18.0. The predicted octanol–water partition coefficient (Wildman–Crippen LogP) is 7.50. The molecule has 0 atom stereocenters. The molecule has 0 nitrogen and oxygen atoms in total. The van der Waals surface area contributed by atoms with Crippen LogP contribution in [0.1, 0.15) is 0 Å². The van der Waals surface area contributed by atoms with Crippen LogP contribution < -0.4 is 17.8 Å². The summed E-state index contributed by atoms with van der Waals surface area (Å²) >= 11 is 8.41. The first-order valence-electron chi connectivity index (χ1n) is 12.3. The van der Waals surface area contributed by atoms with Crippen LogP contribution >= 0.6 is 45.3 Å². The van der Waals surface area contributed by atoms with Crippen molar-refractivity contribution in [3.05, 3.63) is 97.1 Å². The molecular weight excluding hydrogens is 671 g/mol. The zero-order valence-corrected chi connectivity index (χ0v) is 26.4. The van der Waals surface area contributed by atoms with Crippen LogP contribution in [0, 0.1) is 0 Å².